The molecule has 2 fully saturated rings. The summed E-state index contributed by atoms with van der Waals surface area (Å²) in [5.74, 6) is -9.04. The number of rotatable bonds is 1. The number of ether oxygens (including phenoxy) is 1. The highest BCUT2D eigenvalue weighted by Crippen LogP contribution is 2.42. The molecule has 5 nitrogen and oxygen atoms in total. The van der Waals surface area contributed by atoms with Gasteiger partial charge in [0.05, 0.1) is 13.1 Å². The molecule has 132 valence electrons. The highest BCUT2D eigenvalue weighted by Gasteiger charge is 2.64. The Morgan fingerprint density at radius 2 is 1.65 bits per heavy atom. The number of likely N-dealkylation sites (tertiary alicyclic amines) is 1. The molecule has 2 rings (SSSR count). The molecule has 0 aromatic rings. The van der Waals surface area contributed by atoms with Crippen molar-refractivity contribution in [3.63, 3.8) is 0 Å². The van der Waals surface area contributed by atoms with Crippen molar-refractivity contribution in [1.82, 2.24) is 9.80 Å². The lowest BCUT2D eigenvalue weighted by Crippen LogP contribution is -2.48. The molecule has 0 aliphatic carbocycles. The molecule has 1 unspecified atom stereocenters. The van der Waals surface area contributed by atoms with Gasteiger partial charge in [-0.25, -0.2) is 4.79 Å². The number of thioether (sulfide) groups is 1. The zero-order chi connectivity index (χ0) is 17.6. The quantitative estimate of drug-likeness (QED) is 0.676. The Labute approximate surface area is 135 Å². The van der Waals surface area contributed by atoms with E-state index in [1.54, 1.807) is 20.8 Å². The maximum Gasteiger partial charge on any atom is 0.411 e. The minimum atomic E-state index is -4.26. The van der Waals surface area contributed by atoms with Crippen LogP contribution in [0.15, 0.2) is 0 Å². The average Bonchev–Trinajstić information content (AvgIpc) is 2.90. The minimum Gasteiger partial charge on any atom is -0.444 e. The molecule has 2 saturated heterocycles. The molecule has 23 heavy (non-hydrogen) atoms. The Morgan fingerprint density at radius 3 is 2.13 bits per heavy atom. The maximum atomic E-state index is 13.2. The molecule has 0 aromatic heterocycles. The largest absolute Gasteiger partial charge is 0.444 e. The maximum absolute atomic E-state index is 13.2. The van der Waals surface area contributed by atoms with Crippen molar-refractivity contribution in [2.24, 2.45) is 0 Å². The van der Waals surface area contributed by atoms with Gasteiger partial charge in [0, 0.05) is 12.3 Å². The van der Waals surface area contributed by atoms with Gasteiger partial charge in [0.25, 0.3) is 5.91 Å². The van der Waals surface area contributed by atoms with Crippen LogP contribution < -0.4 is 0 Å². The molecule has 0 saturated carbocycles. The predicted molar refractivity (Wildman–Crippen MR) is 75.7 cm³/mol. The fourth-order valence-electron chi connectivity index (χ4n) is 2.26. The molecule has 2 aliphatic heterocycles. The first-order valence-corrected chi connectivity index (χ1v) is 8.05. The smallest absolute Gasteiger partial charge is 0.411 e. The van der Waals surface area contributed by atoms with Crippen LogP contribution in [0.2, 0.25) is 0 Å². The minimum absolute atomic E-state index is 0.191. The van der Waals surface area contributed by atoms with Crippen molar-refractivity contribution in [1.29, 1.82) is 0 Å². The van der Waals surface area contributed by atoms with Gasteiger partial charge in [-0.2, -0.15) is 17.6 Å². The second kappa shape index (κ2) is 5.71. The Morgan fingerprint density at radius 1 is 1.13 bits per heavy atom. The fraction of sp³-hybridized carbons (Fsp3) is 0.846. The number of nitrogens with zero attached hydrogens (tertiary/aromatic N) is 2. The summed E-state index contributed by atoms with van der Waals surface area (Å²) < 4.78 is 58.1. The van der Waals surface area contributed by atoms with Crippen molar-refractivity contribution in [3.05, 3.63) is 0 Å². The van der Waals surface area contributed by atoms with E-state index in [1.807, 2.05) is 0 Å². The van der Waals surface area contributed by atoms with E-state index in [0.29, 0.717) is 10.7 Å². The molecule has 1 atom stereocenters. The van der Waals surface area contributed by atoms with Gasteiger partial charge in [0.2, 0.25) is 0 Å². The SMILES string of the molecule is CC(C)(C)OC(=O)N1CCSC1C(=O)N1CC(F)(F)C(F)(F)C1. The second-order valence-electron chi connectivity index (χ2n) is 6.50. The summed E-state index contributed by atoms with van der Waals surface area (Å²) in [6.07, 6.45) is -0.765. The highest BCUT2D eigenvalue weighted by molar-refractivity contribution is 8.00. The molecule has 2 aliphatic rings. The zero-order valence-corrected chi connectivity index (χ0v) is 13.8. The van der Waals surface area contributed by atoms with E-state index in [2.05, 4.69) is 0 Å². The van der Waals surface area contributed by atoms with Crippen LogP contribution in [0, 0.1) is 0 Å². The second-order valence-corrected chi connectivity index (χ2v) is 7.69. The van der Waals surface area contributed by atoms with E-state index in [1.165, 1.54) is 0 Å². The predicted octanol–water partition coefficient (Wildman–Crippen LogP) is 2.41. The van der Waals surface area contributed by atoms with E-state index in [-0.39, 0.29) is 6.54 Å². The molecular weight excluding hydrogens is 340 g/mol. The summed E-state index contributed by atoms with van der Waals surface area (Å²) in [5, 5.41) is -1.12. The molecule has 0 spiro atoms. The Balaban J connectivity index is 2.09. The van der Waals surface area contributed by atoms with Crippen LogP contribution in [0.25, 0.3) is 0 Å². The van der Waals surface area contributed by atoms with Crippen LogP contribution in [0.1, 0.15) is 20.8 Å². The number of amides is 2. The lowest BCUT2D eigenvalue weighted by atomic mass is 10.2. The van der Waals surface area contributed by atoms with Crippen molar-refractivity contribution in [3.8, 4) is 0 Å². The Bertz CT molecular complexity index is 494. The van der Waals surface area contributed by atoms with E-state index in [9.17, 15) is 27.2 Å². The molecular formula is C13H18F4N2O3S. The first kappa shape index (κ1) is 18.2. The highest BCUT2D eigenvalue weighted by atomic mass is 32.2. The number of halogens is 4. The molecule has 2 heterocycles. The number of hydrogen-bond donors (Lipinski definition) is 0. The standard InChI is InChI=1S/C13H18F4N2O3S/c1-11(2,3)22-10(21)19-4-5-23-9(19)8(20)18-6-12(14,15)13(16,17)7-18/h9H,4-7H2,1-3H3. The molecule has 10 heteroatoms. The van der Waals surface area contributed by atoms with Gasteiger partial charge in [-0.3, -0.25) is 9.69 Å². The van der Waals surface area contributed by atoms with Crippen LogP contribution in [-0.2, 0) is 9.53 Å². The summed E-state index contributed by atoms with van der Waals surface area (Å²) in [6, 6.07) is 0. The first-order valence-electron chi connectivity index (χ1n) is 7.00. The molecule has 0 bridgehead atoms. The lowest BCUT2D eigenvalue weighted by molar-refractivity contribution is -0.172. The van der Waals surface area contributed by atoms with Gasteiger partial charge in [-0.15, -0.1) is 11.8 Å². The average molecular weight is 358 g/mol. The van der Waals surface area contributed by atoms with Gasteiger partial charge >= 0.3 is 17.9 Å². The molecule has 0 aromatic carbocycles. The summed E-state index contributed by atoms with van der Waals surface area (Å²) in [7, 11) is 0. The van der Waals surface area contributed by atoms with Gasteiger partial charge in [0.15, 0.2) is 5.37 Å². The van der Waals surface area contributed by atoms with Gasteiger partial charge < -0.3 is 9.64 Å². The number of carbonyl (C=O) groups excluding carboxylic acids is 2. The third kappa shape index (κ3) is 3.67. The number of hydrogen-bond acceptors (Lipinski definition) is 4. The lowest BCUT2D eigenvalue weighted by Gasteiger charge is -2.29. The molecule has 0 radical (unpaired) electrons. The normalized spacial score (nSPS) is 26.5. The first-order chi connectivity index (χ1) is 10.3. The Kier molecular flexibility index (Phi) is 4.51. The summed E-state index contributed by atoms with van der Waals surface area (Å²) in [5.41, 5.74) is -0.786. The Hall–Kier alpha value is -1.19. The van der Waals surface area contributed by atoms with Gasteiger partial charge in [-0.1, -0.05) is 0 Å². The monoisotopic (exact) mass is 358 g/mol. The third-order valence-electron chi connectivity index (χ3n) is 3.36. The van der Waals surface area contributed by atoms with E-state index in [0.717, 1.165) is 16.7 Å². The van der Waals surface area contributed by atoms with E-state index < -0.39 is 47.9 Å². The van der Waals surface area contributed by atoms with E-state index in [4.69, 9.17) is 4.74 Å². The van der Waals surface area contributed by atoms with Gasteiger partial charge in [0.1, 0.15) is 5.60 Å². The van der Waals surface area contributed by atoms with Crippen molar-refractivity contribution in [2.45, 2.75) is 43.6 Å². The van der Waals surface area contributed by atoms with Crippen LogP contribution in [0.4, 0.5) is 22.4 Å². The summed E-state index contributed by atoms with van der Waals surface area (Å²) in [4.78, 5) is 25.9. The summed E-state index contributed by atoms with van der Waals surface area (Å²) in [6.45, 7) is 2.43. The van der Waals surface area contributed by atoms with E-state index >= 15 is 0 Å². The van der Waals surface area contributed by atoms with Crippen LogP contribution in [-0.4, -0.2) is 70.0 Å². The number of carbonyl (C=O) groups is 2. The van der Waals surface area contributed by atoms with Crippen molar-refractivity contribution >= 4 is 23.8 Å². The van der Waals surface area contributed by atoms with Gasteiger partial charge in [-0.05, 0) is 20.8 Å². The zero-order valence-electron chi connectivity index (χ0n) is 12.9. The van der Waals surface area contributed by atoms with Crippen LogP contribution in [0.3, 0.4) is 0 Å². The number of alkyl halides is 4. The topological polar surface area (TPSA) is 49.9 Å². The van der Waals surface area contributed by atoms with Crippen molar-refractivity contribution < 1.29 is 31.9 Å². The van der Waals surface area contributed by atoms with Crippen molar-refractivity contribution in [2.75, 3.05) is 25.4 Å². The fourth-order valence-corrected chi connectivity index (χ4v) is 3.45. The third-order valence-corrected chi connectivity index (χ3v) is 4.55. The van der Waals surface area contributed by atoms with Crippen LogP contribution >= 0.6 is 11.8 Å². The summed E-state index contributed by atoms with van der Waals surface area (Å²) >= 11 is 1.04. The molecule has 2 amide bonds. The van der Waals surface area contributed by atoms with Crippen LogP contribution in [0.5, 0.6) is 0 Å². The molecule has 0 N–H and O–H groups in total.